The molecule has 0 aliphatic carbocycles. The molecule has 0 saturated heterocycles. The lowest BCUT2D eigenvalue weighted by molar-refractivity contribution is 0.670. The number of nitrogens with two attached hydrogens (primary N) is 1. The average Bonchev–Trinajstić information content (AvgIpc) is 2.74. The monoisotopic (exact) mass is 296 g/mol. The smallest absolute Gasteiger partial charge is 0.0794 e. The Labute approximate surface area is 108 Å². The summed E-state index contributed by atoms with van der Waals surface area (Å²) in [5.41, 5.74) is 9.23. The van der Waals surface area contributed by atoms with Gasteiger partial charge in [-0.05, 0) is 30.5 Å². The SMILES string of the molecule is NC(Cc1ccc(Br)cc1)Cc1cncs1. The number of thiazole rings is 1. The lowest BCUT2D eigenvalue weighted by Gasteiger charge is -2.10. The van der Waals surface area contributed by atoms with E-state index >= 15 is 0 Å². The molecular weight excluding hydrogens is 284 g/mol. The fraction of sp³-hybridized carbons (Fsp3) is 0.250. The lowest BCUT2D eigenvalue weighted by Crippen LogP contribution is -2.25. The Kier molecular flexibility index (Phi) is 4.09. The van der Waals surface area contributed by atoms with Gasteiger partial charge in [-0.25, -0.2) is 0 Å². The van der Waals surface area contributed by atoms with Gasteiger partial charge in [-0.2, -0.15) is 0 Å². The van der Waals surface area contributed by atoms with Crippen molar-refractivity contribution in [2.24, 2.45) is 5.73 Å². The van der Waals surface area contributed by atoms with Gasteiger partial charge in [0.15, 0.2) is 0 Å². The van der Waals surface area contributed by atoms with Gasteiger partial charge in [0.1, 0.15) is 0 Å². The Morgan fingerprint density at radius 1 is 1.25 bits per heavy atom. The Hall–Kier alpha value is -0.710. The molecule has 16 heavy (non-hydrogen) atoms. The fourth-order valence-corrected chi connectivity index (χ4v) is 2.55. The van der Waals surface area contributed by atoms with Crippen LogP contribution in [0.15, 0.2) is 40.4 Å². The predicted molar refractivity (Wildman–Crippen MR) is 71.6 cm³/mol. The first-order valence-electron chi connectivity index (χ1n) is 5.11. The largest absolute Gasteiger partial charge is 0.327 e. The molecule has 0 amide bonds. The minimum absolute atomic E-state index is 0.168. The summed E-state index contributed by atoms with van der Waals surface area (Å²) in [5.74, 6) is 0. The number of halogens is 1. The molecule has 0 saturated carbocycles. The van der Waals surface area contributed by atoms with Crippen molar-refractivity contribution in [1.29, 1.82) is 0 Å². The van der Waals surface area contributed by atoms with Gasteiger partial charge < -0.3 is 5.73 Å². The molecule has 2 N–H and O–H groups in total. The van der Waals surface area contributed by atoms with Crippen molar-refractivity contribution < 1.29 is 0 Å². The minimum Gasteiger partial charge on any atom is -0.327 e. The van der Waals surface area contributed by atoms with E-state index in [2.05, 4.69) is 45.2 Å². The van der Waals surface area contributed by atoms with Gasteiger partial charge in [-0.15, -0.1) is 11.3 Å². The van der Waals surface area contributed by atoms with Crippen LogP contribution in [-0.4, -0.2) is 11.0 Å². The molecule has 0 fully saturated rings. The van der Waals surface area contributed by atoms with E-state index in [0.717, 1.165) is 17.3 Å². The topological polar surface area (TPSA) is 38.9 Å². The second-order valence-electron chi connectivity index (χ2n) is 3.76. The number of aromatic nitrogens is 1. The first-order chi connectivity index (χ1) is 7.74. The summed E-state index contributed by atoms with van der Waals surface area (Å²) >= 11 is 5.09. The average molecular weight is 297 g/mol. The van der Waals surface area contributed by atoms with E-state index in [9.17, 15) is 0 Å². The zero-order chi connectivity index (χ0) is 11.4. The summed E-state index contributed by atoms with van der Waals surface area (Å²) in [5, 5.41) is 0. The van der Waals surface area contributed by atoms with Crippen LogP contribution in [0.3, 0.4) is 0 Å². The van der Waals surface area contributed by atoms with Crippen molar-refractivity contribution in [3.05, 3.63) is 50.9 Å². The van der Waals surface area contributed by atoms with Crippen LogP contribution in [0.25, 0.3) is 0 Å². The van der Waals surface area contributed by atoms with Crippen LogP contribution < -0.4 is 5.73 Å². The molecule has 0 spiro atoms. The quantitative estimate of drug-likeness (QED) is 0.942. The van der Waals surface area contributed by atoms with Crippen LogP contribution in [0.5, 0.6) is 0 Å². The van der Waals surface area contributed by atoms with Crippen molar-refractivity contribution >= 4 is 27.3 Å². The Morgan fingerprint density at radius 3 is 2.62 bits per heavy atom. The maximum atomic E-state index is 6.10. The van der Waals surface area contributed by atoms with E-state index in [1.165, 1.54) is 10.4 Å². The summed E-state index contributed by atoms with van der Waals surface area (Å²) in [7, 11) is 0. The molecule has 84 valence electrons. The van der Waals surface area contributed by atoms with Crippen molar-refractivity contribution in [2.75, 3.05) is 0 Å². The van der Waals surface area contributed by atoms with Gasteiger partial charge in [0.05, 0.1) is 5.51 Å². The molecule has 0 aliphatic rings. The maximum absolute atomic E-state index is 6.10. The van der Waals surface area contributed by atoms with Crippen LogP contribution in [0, 0.1) is 0 Å². The van der Waals surface area contributed by atoms with Gasteiger partial charge in [0.25, 0.3) is 0 Å². The first-order valence-corrected chi connectivity index (χ1v) is 6.78. The Bertz CT molecular complexity index is 425. The maximum Gasteiger partial charge on any atom is 0.0794 e. The summed E-state index contributed by atoms with van der Waals surface area (Å²) in [4.78, 5) is 5.30. The van der Waals surface area contributed by atoms with Crippen molar-refractivity contribution in [1.82, 2.24) is 4.98 Å². The second-order valence-corrected chi connectivity index (χ2v) is 5.65. The van der Waals surface area contributed by atoms with Crippen LogP contribution in [0.4, 0.5) is 0 Å². The number of benzene rings is 1. The third-order valence-corrected chi connectivity index (χ3v) is 3.69. The molecule has 1 heterocycles. The van der Waals surface area contributed by atoms with E-state index in [1.807, 2.05) is 11.7 Å². The molecule has 0 aliphatic heterocycles. The highest BCUT2D eigenvalue weighted by molar-refractivity contribution is 9.10. The van der Waals surface area contributed by atoms with Crippen LogP contribution >= 0.6 is 27.3 Å². The van der Waals surface area contributed by atoms with Gasteiger partial charge in [-0.3, -0.25) is 4.98 Å². The number of rotatable bonds is 4. The zero-order valence-corrected chi connectivity index (χ0v) is 11.2. The molecule has 1 aromatic heterocycles. The molecule has 4 heteroatoms. The fourth-order valence-electron chi connectivity index (χ4n) is 1.60. The third kappa shape index (κ3) is 3.40. The highest BCUT2D eigenvalue weighted by Crippen LogP contribution is 2.14. The standard InChI is InChI=1S/C12H13BrN2S/c13-10-3-1-9(2-4-10)5-11(14)6-12-7-15-8-16-12/h1-4,7-8,11H,5-6,14H2. The zero-order valence-electron chi connectivity index (χ0n) is 8.77. The highest BCUT2D eigenvalue weighted by atomic mass is 79.9. The molecule has 1 aromatic carbocycles. The number of hydrogen-bond acceptors (Lipinski definition) is 3. The molecule has 1 atom stereocenters. The van der Waals surface area contributed by atoms with E-state index in [0.29, 0.717) is 0 Å². The summed E-state index contributed by atoms with van der Waals surface area (Å²) < 4.78 is 1.10. The molecule has 2 rings (SSSR count). The van der Waals surface area contributed by atoms with Crippen molar-refractivity contribution in [3.63, 3.8) is 0 Å². The molecule has 2 aromatic rings. The van der Waals surface area contributed by atoms with Crippen LogP contribution in [0.2, 0.25) is 0 Å². The Morgan fingerprint density at radius 2 is 2.00 bits per heavy atom. The Balaban J connectivity index is 1.92. The normalized spacial score (nSPS) is 12.6. The predicted octanol–water partition coefficient (Wildman–Crippen LogP) is 3.02. The second kappa shape index (κ2) is 5.57. The lowest BCUT2D eigenvalue weighted by atomic mass is 10.0. The van der Waals surface area contributed by atoms with Crippen molar-refractivity contribution in [2.45, 2.75) is 18.9 Å². The summed E-state index contributed by atoms with van der Waals surface area (Å²) in [6.45, 7) is 0. The molecule has 0 radical (unpaired) electrons. The molecular formula is C12H13BrN2S. The number of hydrogen-bond donors (Lipinski definition) is 1. The van der Waals surface area contributed by atoms with Gasteiger partial charge in [0.2, 0.25) is 0 Å². The van der Waals surface area contributed by atoms with Crippen molar-refractivity contribution in [3.8, 4) is 0 Å². The van der Waals surface area contributed by atoms with E-state index in [4.69, 9.17) is 5.73 Å². The summed E-state index contributed by atoms with van der Waals surface area (Å²) in [6.07, 6.45) is 3.71. The molecule has 1 unspecified atom stereocenters. The molecule has 0 bridgehead atoms. The van der Waals surface area contributed by atoms with Gasteiger partial charge in [-0.1, -0.05) is 28.1 Å². The van der Waals surface area contributed by atoms with E-state index < -0.39 is 0 Å². The van der Waals surface area contributed by atoms with Crippen LogP contribution in [0.1, 0.15) is 10.4 Å². The van der Waals surface area contributed by atoms with E-state index in [1.54, 1.807) is 11.3 Å². The highest BCUT2D eigenvalue weighted by Gasteiger charge is 2.06. The first kappa shape index (κ1) is 11.8. The summed E-state index contributed by atoms with van der Waals surface area (Å²) in [6, 6.07) is 8.48. The van der Waals surface area contributed by atoms with E-state index in [-0.39, 0.29) is 6.04 Å². The molecule has 2 nitrogen and oxygen atoms in total. The third-order valence-electron chi connectivity index (χ3n) is 2.36. The minimum atomic E-state index is 0.168. The number of nitrogens with zero attached hydrogens (tertiary/aromatic N) is 1. The van der Waals surface area contributed by atoms with Gasteiger partial charge >= 0.3 is 0 Å². The van der Waals surface area contributed by atoms with Crippen LogP contribution in [-0.2, 0) is 12.8 Å². The van der Waals surface area contributed by atoms with Gasteiger partial charge in [0, 0.05) is 21.6 Å².